The van der Waals surface area contributed by atoms with Crippen LogP contribution in [0.4, 0.5) is 4.79 Å². The van der Waals surface area contributed by atoms with Gasteiger partial charge >= 0.3 is 14.4 Å². The molecule has 6 nitrogen and oxygen atoms in total. The first-order valence-electron chi connectivity index (χ1n) is 2.75. The molecule has 1 N–H and O–H groups in total. The van der Waals surface area contributed by atoms with Crippen LogP contribution in [0.15, 0.2) is 0 Å². The van der Waals surface area contributed by atoms with Crippen molar-refractivity contribution >= 4 is 14.4 Å². The third-order valence-corrected chi connectivity index (χ3v) is 0.928. The fourth-order valence-corrected chi connectivity index (χ4v) is 0.422. The molecule has 0 aromatic heterocycles. The molecular formula is C4H8O6P+. The Hall–Kier alpha value is -0.710. The van der Waals surface area contributed by atoms with Gasteiger partial charge in [-0.15, -0.1) is 4.89 Å². The SMILES string of the molecule is CCOC(=O)OCO[P+](=O)O. The number of hydrogen-bond donors (Lipinski definition) is 1. The average molecular weight is 183 g/mol. The van der Waals surface area contributed by atoms with E-state index in [1.165, 1.54) is 0 Å². The standard InChI is InChI=1S/C4H7O6P/c1-2-8-4(5)9-3-10-11(6)7/h2-3H2,1H3/p+1. The van der Waals surface area contributed by atoms with Crippen LogP contribution >= 0.6 is 8.25 Å². The molecule has 0 saturated heterocycles. The minimum atomic E-state index is -2.72. The van der Waals surface area contributed by atoms with Crippen molar-refractivity contribution < 1.29 is 28.3 Å². The maximum Gasteiger partial charge on any atom is 0.698 e. The third kappa shape index (κ3) is 7.18. The predicted molar refractivity (Wildman–Crippen MR) is 33.9 cm³/mol. The molecule has 0 spiro atoms. The van der Waals surface area contributed by atoms with E-state index in [1.54, 1.807) is 6.92 Å². The van der Waals surface area contributed by atoms with Gasteiger partial charge < -0.3 is 9.47 Å². The summed E-state index contributed by atoms with van der Waals surface area (Å²) in [7, 11) is -2.72. The summed E-state index contributed by atoms with van der Waals surface area (Å²) in [5, 5.41) is 0. The summed E-state index contributed by atoms with van der Waals surface area (Å²) in [6.45, 7) is 1.21. The third-order valence-electron chi connectivity index (χ3n) is 0.602. The molecule has 0 saturated carbocycles. The van der Waals surface area contributed by atoms with Crippen LogP contribution in [0.2, 0.25) is 0 Å². The van der Waals surface area contributed by atoms with Crippen LogP contribution in [0.25, 0.3) is 0 Å². The summed E-state index contributed by atoms with van der Waals surface area (Å²) in [6, 6.07) is 0. The summed E-state index contributed by atoms with van der Waals surface area (Å²) < 4.78 is 22.3. The van der Waals surface area contributed by atoms with Crippen molar-refractivity contribution in [2.24, 2.45) is 0 Å². The van der Waals surface area contributed by atoms with E-state index >= 15 is 0 Å². The Morgan fingerprint density at radius 3 is 2.64 bits per heavy atom. The maximum atomic E-state index is 10.3. The molecule has 0 aliphatic heterocycles. The number of carbonyl (C=O) groups excluding carboxylic acids is 1. The Balaban J connectivity index is 3.24. The van der Waals surface area contributed by atoms with Crippen LogP contribution in [0.3, 0.4) is 0 Å². The molecule has 0 rings (SSSR count). The molecule has 0 aliphatic rings. The quantitative estimate of drug-likeness (QED) is 0.394. The molecule has 0 heterocycles. The number of carbonyl (C=O) groups is 1. The lowest BCUT2D eigenvalue weighted by atomic mass is 10.9. The van der Waals surface area contributed by atoms with Crippen molar-refractivity contribution in [2.45, 2.75) is 6.92 Å². The van der Waals surface area contributed by atoms with Gasteiger partial charge in [0, 0.05) is 4.57 Å². The lowest BCUT2D eigenvalue weighted by Crippen LogP contribution is -2.08. The second-order valence-electron chi connectivity index (χ2n) is 1.31. The molecular weight excluding hydrogens is 175 g/mol. The average Bonchev–Trinajstić information content (AvgIpc) is 1.87. The van der Waals surface area contributed by atoms with Crippen molar-refractivity contribution in [3.8, 4) is 0 Å². The largest absolute Gasteiger partial charge is 0.698 e. The summed E-state index contributed by atoms with van der Waals surface area (Å²) in [5.74, 6) is 0. The highest BCUT2D eigenvalue weighted by atomic mass is 31.1. The van der Waals surface area contributed by atoms with Gasteiger partial charge in [0.1, 0.15) is 0 Å². The zero-order chi connectivity index (χ0) is 8.69. The molecule has 0 bridgehead atoms. The van der Waals surface area contributed by atoms with E-state index in [0.29, 0.717) is 0 Å². The van der Waals surface area contributed by atoms with Gasteiger partial charge in [0.2, 0.25) is 0 Å². The Kier molecular flexibility index (Phi) is 5.64. The number of ether oxygens (including phenoxy) is 2. The Labute approximate surface area is 64.0 Å². The van der Waals surface area contributed by atoms with Crippen LogP contribution in [-0.4, -0.2) is 24.4 Å². The van der Waals surface area contributed by atoms with Crippen molar-refractivity contribution in [3.05, 3.63) is 0 Å². The molecule has 0 aromatic rings. The highest BCUT2D eigenvalue weighted by Crippen LogP contribution is 2.13. The Morgan fingerprint density at radius 2 is 2.18 bits per heavy atom. The van der Waals surface area contributed by atoms with Crippen LogP contribution < -0.4 is 0 Å². The summed E-state index contributed by atoms with van der Waals surface area (Å²) >= 11 is 0. The van der Waals surface area contributed by atoms with Gasteiger partial charge in [-0.3, -0.25) is 0 Å². The summed E-state index contributed by atoms with van der Waals surface area (Å²) in [6.07, 6.45) is -0.927. The van der Waals surface area contributed by atoms with Crippen LogP contribution in [0.1, 0.15) is 6.92 Å². The van der Waals surface area contributed by atoms with E-state index in [4.69, 9.17) is 4.89 Å². The maximum absolute atomic E-state index is 10.3. The molecule has 1 atom stereocenters. The van der Waals surface area contributed by atoms with E-state index in [1.807, 2.05) is 0 Å². The first-order chi connectivity index (χ1) is 5.16. The van der Waals surface area contributed by atoms with Crippen molar-refractivity contribution in [2.75, 3.05) is 13.4 Å². The highest BCUT2D eigenvalue weighted by molar-refractivity contribution is 7.32. The van der Waals surface area contributed by atoms with Crippen molar-refractivity contribution in [1.82, 2.24) is 0 Å². The minimum absolute atomic E-state index is 0.185. The lowest BCUT2D eigenvalue weighted by Gasteiger charge is -1.98. The number of hydrogen-bond acceptors (Lipinski definition) is 5. The molecule has 1 unspecified atom stereocenters. The first kappa shape index (κ1) is 10.3. The van der Waals surface area contributed by atoms with Crippen LogP contribution in [-0.2, 0) is 18.6 Å². The van der Waals surface area contributed by atoms with Crippen LogP contribution in [0.5, 0.6) is 0 Å². The summed E-state index contributed by atoms with van der Waals surface area (Å²) in [5.41, 5.74) is 0. The fraction of sp³-hybridized carbons (Fsp3) is 0.750. The van der Waals surface area contributed by atoms with E-state index in [-0.39, 0.29) is 6.61 Å². The zero-order valence-electron chi connectivity index (χ0n) is 5.85. The van der Waals surface area contributed by atoms with Gasteiger partial charge in [-0.2, -0.15) is 0 Å². The Bertz CT molecular complexity index is 146. The van der Waals surface area contributed by atoms with E-state index in [0.717, 1.165) is 0 Å². The number of rotatable bonds is 4. The topological polar surface area (TPSA) is 82.1 Å². The zero-order valence-corrected chi connectivity index (χ0v) is 6.74. The van der Waals surface area contributed by atoms with Gasteiger partial charge in [-0.05, 0) is 6.92 Å². The summed E-state index contributed by atoms with van der Waals surface area (Å²) in [4.78, 5) is 18.4. The molecule has 0 radical (unpaired) electrons. The van der Waals surface area contributed by atoms with E-state index in [2.05, 4.69) is 14.0 Å². The normalized spacial score (nSPS) is 10.5. The second kappa shape index (κ2) is 6.03. The predicted octanol–water partition coefficient (Wildman–Crippen LogP) is 0.783. The lowest BCUT2D eigenvalue weighted by molar-refractivity contribution is 0.00631. The smallest absolute Gasteiger partial charge is 0.435 e. The van der Waals surface area contributed by atoms with Gasteiger partial charge in [0.15, 0.2) is 0 Å². The minimum Gasteiger partial charge on any atom is -0.435 e. The van der Waals surface area contributed by atoms with E-state index in [9.17, 15) is 9.36 Å². The van der Waals surface area contributed by atoms with Crippen molar-refractivity contribution in [3.63, 3.8) is 0 Å². The van der Waals surface area contributed by atoms with E-state index < -0.39 is 21.2 Å². The highest BCUT2D eigenvalue weighted by Gasteiger charge is 2.13. The van der Waals surface area contributed by atoms with Gasteiger partial charge in [0.25, 0.3) is 6.79 Å². The van der Waals surface area contributed by atoms with Crippen LogP contribution in [0, 0.1) is 0 Å². The first-order valence-corrected chi connectivity index (χ1v) is 3.88. The molecule has 64 valence electrons. The molecule has 0 aromatic carbocycles. The molecule has 0 fully saturated rings. The molecule has 0 aliphatic carbocycles. The van der Waals surface area contributed by atoms with Crippen molar-refractivity contribution in [1.29, 1.82) is 0 Å². The monoisotopic (exact) mass is 183 g/mol. The molecule has 7 heteroatoms. The second-order valence-corrected chi connectivity index (χ2v) is 2.05. The molecule has 11 heavy (non-hydrogen) atoms. The van der Waals surface area contributed by atoms with Gasteiger partial charge in [-0.1, -0.05) is 4.52 Å². The Morgan fingerprint density at radius 1 is 1.55 bits per heavy atom. The fourth-order valence-electron chi connectivity index (χ4n) is 0.279. The molecule has 0 amide bonds. The van der Waals surface area contributed by atoms with Gasteiger partial charge in [-0.25, -0.2) is 4.79 Å². The van der Waals surface area contributed by atoms with Gasteiger partial charge in [0.05, 0.1) is 6.61 Å².